The summed E-state index contributed by atoms with van der Waals surface area (Å²) in [6.45, 7) is 7.51. The first-order valence-corrected chi connectivity index (χ1v) is 11.9. The number of fused-ring (bicyclic) bond motifs is 3. The number of methoxy groups -OCH3 is 1. The number of benzene rings is 2. The normalized spacial score (nSPS) is 23.6. The average Bonchev–Trinajstić information content (AvgIpc) is 3.31. The maximum absolute atomic E-state index is 14.5. The highest BCUT2D eigenvalue weighted by Crippen LogP contribution is 2.45. The molecule has 3 heterocycles. The van der Waals surface area contributed by atoms with E-state index in [1.54, 1.807) is 12.1 Å². The Balaban J connectivity index is 1.31. The van der Waals surface area contributed by atoms with Gasteiger partial charge in [-0.05, 0) is 66.8 Å². The molecule has 2 aromatic rings. The van der Waals surface area contributed by atoms with Crippen LogP contribution in [0.15, 0.2) is 36.4 Å². The zero-order chi connectivity index (χ0) is 21.9. The fraction of sp³-hybridized carbons (Fsp3) is 0.538. The molecule has 2 saturated heterocycles. The van der Waals surface area contributed by atoms with Crippen molar-refractivity contribution in [1.82, 2.24) is 9.80 Å². The largest absolute Gasteiger partial charge is 0.494 e. The SMILES string of the molecule is COc1ccc([C@H]2CN3CCC[C@H]3c3cc(OCCCN4CCOCC4)ccc32)cc1F. The van der Waals surface area contributed by atoms with E-state index in [9.17, 15) is 4.39 Å². The Morgan fingerprint density at radius 3 is 2.75 bits per heavy atom. The van der Waals surface area contributed by atoms with Gasteiger partial charge >= 0.3 is 0 Å². The summed E-state index contributed by atoms with van der Waals surface area (Å²) in [6, 6.07) is 12.4. The van der Waals surface area contributed by atoms with E-state index in [0.29, 0.717) is 11.8 Å². The van der Waals surface area contributed by atoms with Crippen molar-refractivity contribution in [1.29, 1.82) is 0 Å². The molecule has 0 unspecified atom stereocenters. The van der Waals surface area contributed by atoms with Gasteiger partial charge in [0.05, 0.1) is 26.9 Å². The van der Waals surface area contributed by atoms with Gasteiger partial charge in [-0.3, -0.25) is 9.80 Å². The van der Waals surface area contributed by atoms with Gasteiger partial charge in [0.25, 0.3) is 0 Å². The molecule has 2 atom stereocenters. The molecule has 0 spiro atoms. The van der Waals surface area contributed by atoms with Crippen LogP contribution in [0, 0.1) is 5.82 Å². The Morgan fingerprint density at radius 1 is 1.06 bits per heavy atom. The molecule has 32 heavy (non-hydrogen) atoms. The third-order valence-electron chi connectivity index (χ3n) is 7.14. The van der Waals surface area contributed by atoms with Gasteiger partial charge in [0.1, 0.15) is 5.75 Å². The number of rotatable bonds is 7. The molecule has 0 radical (unpaired) electrons. The van der Waals surface area contributed by atoms with E-state index in [1.165, 1.54) is 31.1 Å². The molecule has 172 valence electrons. The summed E-state index contributed by atoms with van der Waals surface area (Å²) in [4.78, 5) is 4.99. The van der Waals surface area contributed by atoms with Crippen LogP contribution in [0.3, 0.4) is 0 Å². The van der Waals surface area contributed by atoms with Crippen LogP contribution in [-0.4, -0.2) is 69.5 Å². The van der Waals surface area contributed by atoms with Crippen molar-refractivity contribution in [2.24, 2.45) is 0 Å². The molecule has 5 rings (SSSR count). The quantitative estimate of drug-likeness (QED) is 0.603. The van der Waals surface area contributed by atoms with E-state index < -0.39 is 0 Å². The molecule has 6 heteroatoms. The second-order valence-electron chi connectivity index (χ2n) is 9.05. The number of ether oxygens (including phenoxy) is 3. The summed E-state index contributed by atoms with van der Waals surface area (Å²) in [5, 5.41) is 0. The Kier molecular flexibility index (Phi) is 6.62. The van der Waals surface area contributed by atoms with E-state index >= 15 is 0 Å². The van der Waals surface area contributed by atoms with Gasteiger partial charge in [-0.15, -0.1) is 0 Å². The number of hydrogen-bond acceptors (Lipinski definition) is 5. The van der Waals surface area contributed by atoms with E-state index in [1.807, 2.05) is 6.07 Å². The predicted octanol–water partition coefficient (Wildman–Crippen LogP) is 4.22. The van der Waals surface area contributed by atoms with Gasteiger partial charge in [0.15, 0.2) is 11.6 Å². The molecule has 3 aliphatic heterocycles. The zero-order valence-corrected chi connectivity index (χ0v) is 18.9. The summed E-state index contributed by atoms with van der Waals surface area (Å²) in [5.74, 6) is 1.11. The summed E-state index contributed by atoms with van der Waals surface area (Å²) in [7, 11) is 1.51. The highest BCUT2D eigenvalue weighted by atomic mass is 19.1. The molecule has 5 nitrogen and oxygen atoms in total. The maximum Gasteiger partial charge on any atom is 0.165 e. The number of hydrogen-bond donors (Lipinski definition) is 0. The lowest BCUT2D eigenvalue weighted by Gasteiger charge is -2.37. The van der Waals surface area contributed by atoms with Crippen molar-refractivity contribution in [2.75, 3.05) is 59.7 Å². The fourth-order valence-electron chi connectivity index (χ4n) is 5.47. The summed E-state index contributed by atoms with van der Waals surface area (Å²) >= 11 is 0. The van der Waals surface area contributed by atoms with Gasteiger partial charge in [0, 0.05) is 38.1 Å². The topological polar surface area (TPSA) is 34.2 Å². The second-order valence-corrected chi connectivity index (χ2v) is 9.05. The third kappa shape index (κ3) is 4.49. The van der Waals surface area contributed by atoms with Crippen molar-refractivity contribution < 1.29 is 18.6 Å². The van der Waals surface area contributed by atoms with Gasteiger partial charge in [-0.2, -0.15) is 0 Å². The van der Waals surface area contributed by atoms with Gasteiger partial charge in [0.2, 0.25) is 0 Å². The van der Waals surface area contributed by atoms with Crippen LogP contribution in [0.4, 0.5) is 4.39 Å². The van der Waals surface area contributed by atoms with Crippen LogP contribution in [0.25, 0.3) is 0 Å². The fourth-order valence-corrected chi connectivity index (χ4v) is 5.47. The van der Waals surface area contributed by atoms with Gasteiger partial charge in [-0.1, -0.05) is 12.1 Å². The molecule has 0 aromatic heterocycles. The highest BCUT2D eigenvalue weighted by molar-refractivity contribution is 5.47. The van der Waals surface area contributed by atoms with Crippen molar-refractivity contribution in [3.8, 4) is 11.5 Å². The minimum absolute atomic E-state index is 0.162. The van der Waals surface area contributed by atoms with E-state index in [2.05, 4.69) is 28.0 Å². The highest BCUT2D eigenvalue weighted by Gasteiger charge is 2.37. The molecular formula is C26H33FN2O3. The van der Waals surface area contributed by atoms with Crippen molar-refractivity contribution >= 4 is 0 Å². The summed E-state index contributed by atoms with van der Waals surface area (Å²) in [6.07, 6.45) is 3.40. The Bertz CT molecular complexity index is 931. The Hall–Kier alpha value is -2.15. The van der Waals surface area contributed by atoms with Gasteiger partial charge < -0.3 is 14.2 Å². The predicted molar refractivity (Wildman–Crippen MR) is 122 cm³/mol. The first kappa shape index (κ1) is 21.7. The van der Waals surface area contributed by atoms with Crippen molar-refractivity contribution in [3.63, 3.8) is 0 Å². The van der Waals surface area contributed by atoms with Crippen molar-refractivity contribution in [2.45, 2.75) is 31.2 Å². The van der Waals surface area contributed by atoms with E-state index in [4.69, 9.17) is 14.2 Å². The summed E-state index contributed by atoms with van der Waals surface area (Å²) in [5.41, 5.74) is 3.66. The van der Waals surface area contributed by atoms with Crippen LogP contribution in [0.1, 0.15) is 47.9 Å². The van der Waals surface area contributed by atoms with Crippen LogP contribution < -0.4 is 9.47 Å². The molecule has 0 N–H and O–H groups in total. The monoisotopic (exact) mass is 440 g/mol. The van der Waals surface area contributed by atoms with Crippen LogP contribution >= 0.6 is 0 Å². The lowest BCUT2D eigenvalue weighted by Crippen LogP contribution is -2.37. The summed E-state index contributed by atoms with van der Waals surface area (Å²) < 4.78 is 31.1. The molecule has 0 aliphatic carbocycles. The first-order valence-electron chi connectivity index (χ1n) is 11.9. The molecule has 2 aromatic carbocycles. The van der Waals surface area contributed by atoms with Gasteiger partial charge in [-0.25, -0.2) is 4.39 Å². The minimum atomic E-state index is -0.296. The lowest BCUT2D eigenvalue weighted by molar-refractivity contribution is 0.0358. The molecule has 0 bridgehead atoms. The molecular weight excluding hydrogens is 407 g/mol. The minimum Gasteiger partial charge on any atom is -0.494 e. The lowest BCUT2D eigenvalue weighted by atomic mass is 9.81. The maximum atomic E-state index is 14.5. The third-order valence-corrected chi connectivity index (χ3v) is 7.14. The zero-order valence-electron chi connectivity index (χ0n) is 18.9. The number of nitrogens with zero attached hydrogens (tertiary/aromatic N) is 2. The Labute approximate surface area is 190 Å². The molecule has 3 aliphatic rings. The van der Waals surface area contributed by atoms with Crippen LogP contribution in [-0.2, 0) is 4.74 Å². The first-order chi connectivity index (χ1) is 15.7. The smallest absolute Gasteiger partial charge is 0.165 e. The second kappa shape index (κ2) is 9.77. The molecule has 2 fully saturated rings. The average molecular weight is 441 g/mol. The number of morpholine rings is 1. The van der Waals surface area contributed by atoms with Crippen molar-refractivity contribution in [3.05, 3.63) is 58.9 Å². The van der Waals surface area contributed by atoms with E-state index in [0.717, 1.165) is 70.3 Å². The standard InChI is InChI=1S/C26H33FN2O3/c1-30-26-8-5-19(16-24(26)27)23-18-29-10-2-4-25(29)22-17-20(6-7-21(22)23)32-13-3-9-28-11-14-31-15-12-28/h5-8,16-17,23,25H,2-4,9-15,18H2,1H3/t23-,25+/m1/s1. The van der Waals surface area contributed by atoms with Crippen LogP contribution in [0.5, 0.6) is 11.5 Å². The van der Waals surface area contributed by atoms with E-state index in [-0.39, 0.29) is 11.7 Å². The molecule has 0 saturated carbocycles. The Morgan fingerprint density at radius 2 is 1.94 bits per heavy atom. The van der Waals surface area contributed by atoms with Crippen LogP contribution in [0.2, 0.25) is 0 Å². The number of halogens is 1. The molecule has 0 amide bonds.